The third kappa shape index (κ3) is 2.85. The van der Waals surface area contributed by atoms with Gasteiger partial charge in [-0.3, -0.25) is 0 Å². The third-order valence-corrected chi connectivity index (χ3v) is 3.08. The van der Waals surface area contributed by atoms with E-state index in [0.29, 0.717) is 12.5 Å². The van der Waals surface area contributed by atoms with Crippen molar-refractivity contribution in [1.82, 2.24) is 4.98 Å². The summed E-state index contributed by atoms with van der Waals surface area (Å²) in [5.41, 5.74) is 5.66. The summed E-state index contributed by atoms with van der Waals surface area (Å²) in [6.07, 6.45) is 1.69. The standard InChI is InChI=1S/C12H21N3O/c1-9(2)12(3,8-13)15-11-6-5-10(16-4)7-14-11/h5-7,9H,8,13H2,1-4H3,(H,14,15). The average Bonchev–Trinajstić information content (AvgIpc) is 2.29. The van der Waals surface area contributed by atoms with E-state index in [1.807, 2.05) is 12.1 Å². The van der Waals surface area contributed by atoms with Crippen LogP contribution < -0.4 is 15.8 Å². The summed E-state index contributed by atoms with van der Waals surface area (Å²) in [5, 5.41) is 3.36. The number of nitrogens with zero attached hydrogens (tertiary/aromatic N) is 1. The van der Waals surface area contributed by atoms with Crippen LogP contribution in [0.25, 0.3) is 0 Å². The SMILES string of the molecule is COc1ccc(NC(C)(CN)C(C)C)nc1. The number of nitrogens with one attached hydrogen (secondary N) is 1. The molecule has 0 amide bonds. The molecule has 1 atom stereocenters. The van der Waals surface area contributed by atoms with Gasteiger partial charge in [0.25, 0.3) is 0 Å². The van der Waals surface area contributed by atoms with E-state index in [0.717, 1.165) is 11.6 Å². The average molecular weight is 223 g/mol. The van der Waals surface area contributed by atoms with Gasteiger partial charge in [-0.25, -0.2) is 4.98 Å². The zero-order chi connectivity index (χ0) is 12.2. The van der Waals surface area contributed by atoms with Crippen LogP contribution in [0.3, 0.4) is 0 Å². The second-order valence-electron chi connectivity index (χ2n) is 4.48. The van der Waals surface area contributed by atoms with Gasteiger partial charge in [0.2, 0.25) is 0 Å². The molecule has 1 rings (SSSR count). The van der Waals surface area contributed by atoms with Crippen LogP contribution in [0.4, 0.5) is 5.82 Å². The van der Waals surface area contributed by atoms with Gasteiger partial charge in [-0.15, -0.1) is 0 Å². The molecule has 0 aliphatic heterocycles. The Bertz CT molecular complexity index is 324. The van der Waals surface area contributed by atoms with E-state index in [1.54, 1.807) is 13.3 Å². The van der Waals surface area contributed by atoms with Crippen molar-refractivity contribution >= 4 is 5.82 Å². The summed E-state index contributed by atoms with van der Waals surface area (Å²) >= 11 is 0. The minimum Gasteiger partial charge on any atom is -0.495 e. The maximum atomic E-state index is 5.80. The van der Waals surface area contributed by atoms with Gasteiger partial charge in [-0.2, -0.15) is 0 Å². The molecule has 3 N–H and O–H groups in total. The highest BCUT2D eigenvalue weighted by atomic mass is 16.5. The Morgan fingerprint density at radius 1 is 1.50 bits per heavy atom. The van der Waals surface area contributed by atoms with E-state index < -0.39 is 0 Å². The van der Waals surface area contributed by atoms with Crippen molar-refractivity contribution in [3.05, 3.63) is 18.3 Å². The van der Waals surface area contributed by atoms with Gasteiger partial charge >= 0.3 is 0 Å². The number of methoxy groups -OCH3 is 1. The Hall–Kier alpha value is -1.29. The second kappa shape index (κ2) is 5.16. The van der Waals surface area contributed by atoms with Gasteiger partial charge in [-0.1, -0.05) is 13.8 Å². The summed E-state index contributed by atoms with van der Waals surface area (Å²) in [7, 11) is 1.63. The number of rotatable bonds is 5. The highest BCUT2D eigenvalue weighted by Gasteiger charge is 2.26. The number of anilines is 1. The number of ether oxygens (including phenoxy) is 1. The zero-order valence-electron chi connectivity index (χ0n) is 10.4. The molecular weight excluding hydrogens is 202 g/mol. The minimum absolute atomic E-state index is 0.137. The fraction of sp³-hybridized carbons (Fsp3) is 0.583. The van der Waals surface area contributed by atoms with E-state index in [2.05, 4.69) is 31.1 Å². The van der Waals surface area contributed by atoms with Crippen molar-refractivity contribution in [3.63, 3.8) is 0 Å². The molecule has 0 saturated carbocycles. The molecule has 4 heteroatoms. The lowest BCUT2D eigenvalue weighted by atomic mass is 9.88. The van der Waals surface area contributed by atoms with Crippen molar-refractivity contribution in [2.75, 3.05) is 19.0 Å². The molecule has 0 bridgehead atoms. The summed E-state index contributed by atoms with van der Waals surface area (Å²) < 4.78 is 5.06. The van der Waals surface area contributed by atoms with Gasteiger partial charge in [0.1, 0.15) is 11.6 Å². The maximum absolute atomic E-state index is 5.80. The van der Waals surface area contributed by atoms with E-state index in [9.17, 15) is 0 Å². The van der Waals surface area contributed by atoms with Gasteiger partial charge in [0, 0.05) is 6.54 Å². The minimum atomic E-state index is -0.137. The van der Waals surface area contributed by atoms with Crippen LogP contribution in [0.15, 0.2) is 18.3 Å². The largest absolute Gasteiger partial charge is 0.495 e. The number of hydrogen-bond acceptors (Lipinski definition) is 4. The molecule has 90 valence electrons. The first-order chi connectivity index (χ1) is 7.51. The molecule has 1 unspecified atom stereocenters. The Kier molecular flexibility index (Phi) is 4.12. The molecule has 0 fully saturated rings. The second-order valence-corrected chi connectivity index (χ2v) is 4.48. The van der Waals surface area contributed by atoms with Crippen LogP contribution in [0.2, 0.25) is 0 Å². The molecule has 1 aromatic heterocycles. The Morgan fingerprint density at radius 2 is 2.19 bits per heavy atom. The molecule has 1 aromatic rings. The molecule has 0 saturated heterocycles. The lowest BCUT2D eigenvalue weighted by Crippen LogP contribution is -2.47. The first-order valence-electron chi connectivity index (χ1n) is 5.50. The molecule has 4 nitrogen and oxygen atoms in total. The predicted octanol–water partition coefficient (Wildman–Crippen LogP) is 1.88. The summed E-state index contributed by atoms with van der Waals surface area (Å²) in [5.74, 6) is 2.01. The number of nitrogens with two attached hydrogens (primary N) is 1. The molecule has 0 radical (unpaired) electrons. The number of hydrogen-bond donors (Lipinski definition) is 2. The van der Waals surface area contributed by atoms with Gasteiger partial charge in [0.05, 0.1) is 18.8 Å². The van der Waals surface area contributed by atoms with E-state index in [4.69, 9.17) is 10.5 Å². The van der Waals surface area contributed by atoms with Gasteiger partial charge in [0.15, 0.2) is 0 Å². The molecule has 1 heterocycles. The van der Waals surface area contributed by atoms with Crippen LogP contribution >= 0.6 is 0 Å². The van der Waals surface area contributed by atoms with Crippen LogP contribution in [0, 0.1) is 5.92 Å². The van der Waals surface area contributed by atoms with Crippen LogP contribution in [-0.2, 0) is 0 Å². The monoisotopic (exact) mass is 223 g/mol. The Labute approximate surface area is 97.2 Å². The van der Waals surface area contributed by atoms with Gasteiger partial charge in [-0.05, 0) is 25.0 Å². The normalized spacial score (nSPS) is 14.6. The van der Waals surface area contributed by atoms with Crippen molar-refractivity contribution in [2.24, 2.45) is 11.7 Å². The molecule has 0 spiro atoms. The fourth-order valence-corrected chi connectivity index (χ4v) is 1.30. The first kappa shape index (κ1) is 12.8. The highest BCUT2D eigenvalue weighted by Crippen LogP contribution is 2.21. The molecule has 0 aliphatic rings. The Balaban J connectivity index is 2.78. The molecular formula is C12H21N3O. The van der Waals surface area contributed by atoms with Crippen LogP contribution in [-0.4, -0.2) is 24.2 Å². The van der Waals surface area contributed by atoms with Crippen molar-refractivity contribution in [2.45, 2.75) is 26.3 Å². The van der Waals surface area contributed by atoms with Crippen molar-refractivity contribution in [3.8, 4) is 5.75 Å². The smallest absolute Gasteiger partial charge is 0.137 e. The van der Waals surface area contributed by atoms with Crippen LogP contribution in [0.1, 0.15) is 20.8 Å². The van der Waals surface area contributed by atoms with Crippen molar-refractivity contribution in [1.29, 1.82) is 0 Å². The molecule has 16 heavy (non-hydrogen) atoms. The summed E-state index contributed by atoms with van der Waals surface area (Å²) in [6.45, 7) is 6.95. The summed E-state index contributed by atoms with van der Waals surface area (Å²) in [6, 6.07) is 3.78. The van der Waals surface area contributed by atoms with Crippen LogP contribution in [0.5, 0.6) is 5.75 Å². The number of pyridine rings is 1. The fourth-order valence-electron chi connectivity index (χ4n) is 1.30. The van der Waals surface area contributed by atoms with E-state index >= 15 is 0 Å². The Morgan fingerprint density at radius 3 is 2.56 bits per heavy atom. The first-order valence-corrected chi connectivity index (χ1v) is 5.50. The molecule has 0 aliphatic carbocycles. The van der Waals surface area contributed by atoms with E-state index in [1.165, 1.54) is 0 Å². The van der Waals surface area contributed by atoms with Crippen molar-refractivity contribution < 1.29 is 4.74 Å². The summed E-state index contributed by atoms with van der Waals surface area (Å²) in [4.78, 5) is 4.27. The van der Waals surface area contributed by atoms with Gasteiger partial charge < -0.3 is 15.8 Å². The predicted molar refractivity (Wildman–Crippen MR) is 66.7 cm³/mol. The topological polar surface area (TPSA) is 60.2 Å². The highest BCUT2D eigenvalue weighted by molar-refractivity contribution is 5.40. The number of aromatic nitrogens is 1. The third-order valence-electron chi connectivity index (χ3n) is 3.08. The lowest BCUT2D eigenvalue weighted by Gasteiger charge is -2.34. The lowest BCUT2D eigenvalue weighted by molar-refractivity contribution is 0.381. The maximum Gasteiger partial charge on any atom is 0.137 e. The zero-order valence-corrected chi connectivity index (χ0v) is 10.4. The molecule has 0 aromatic carbocycles. The quantitative estimate of drug-likeness (QED) is 0.800. The van der Waals surface area contributed by atoms with E-state index in [-0.39, 0.29) is 5.54 Å².